The van der Waals surface area contributed by atoms with Crippen LogP contribution in [0.4, 0.5) is 16.3 Å². The molecule has 0 radical (unpaired) electrons. The van der Waals surface area contributed by atoms with Crippen molar-refractivity contribution in [2.75, 3.05) is 19.5 Å². The van der Waals surface area contributed by atoms with Crippen LogP contribution >= 0.6 is 0 Å². The van der Waals surface area contributed by atoms with Gasteiger partial charge < -0.3 is 20.6 Å². The lowest BCUT2D eigenvalue weighted by molar-refractivity contribution is 0.118. The molecule has 0 fully saturated rings. The molecule has 0 aliphatic carbocycles. The molecule has 5 N–H and O–H groups in total. The highest BCUT2D eigenvalue weighted by Gasteiger charge is 2.21. The predicted molar refractivity (Wildman–Crippen MR) is 138 cm³/mol. The van der Waals surface area contributed by atoms with E-state index in [-0.39, 0.29) is 6.10 Å². The van der Waals surface area contributed by atoms with Gasteiger partial charge in [0, 0.05) is 49.1 Å². The number of fused-ring (bicyclic) bond motifs is 1. The smallest absolute Gasteiger partial charge is 0.419 e. The van der Waals surface area contributed by atoms with Crippen molar-refractivity contribution in [1.82, 2.24) is 24.3 Å². The second kappa shape index (κ2) is 9.96. The molecule has 0 saturated heterocycles. The molecule has 12 nitrogen and oxygen atoms in total. The highest BCUT2D eigenvalue weighted by molar-refractivity contribution is 5.99. The van der Waals surface area contributed by atoms with Crippen LogP contribution in [0.5, 0.6) is 5.75 Å². The van der Waals surface area contributed by atoms with E-state index in [1.165, 1.54) is 9.58 Å². The van der Waals surface area contributed by atoms with Crippen molar-refractivity contribution >= 4 is 34.3 Å². The molecule has 1 aromatic carbocycles. The lowest BCUT2D eigenvalue weighted by Crippen LogP contribution is -2.34. The van der Waals surface area contributed by atoms with E-state index in [0.717, 1.165) is 10.9 Å². The lowest BCUT2D eigenvalue weighted by atomic mass is 10.1. The number of nitrogens with one attached hydrogen (secondary N) is 1. The van der Waals surface area contributed by atoms with Crippen LogP contribution in [0.3, 0.4) is 0 Å². The molecule has 0 bridgehead atoms. The van der Waals surface area contributed by atoms with Gasteiger partial charge in [-0.05, 0) is 38.1 Å². The zero-order valence-electron chi connectivity index (χ0n) is 20.8. The maximum atomic E-state index is 13.1. The van der Waals surface area contributed by atoms with Crippen LogP contribution in [0.25, 0.3) is 22.2 Å². The first kappa shape index (κ1) is 24.5. The van der Waals surface area contributed by atoms with Crippen molar-refractivity contribution in [3.63, 3.8) is 0 Å². The van der Waals surface area contributed by atoms with Crippen LogP contribution in [0.15, 0.2) is 54.0 Å². The molecular weight excluding hydrogens is 462 g/mol. The summed E-state index contributed by atoms with van der Waals surface area (Å²) >= 11 is 0. The number of carbonyl (C=O) groups is 1. The molecule has 188 valence electrons. The molecule has 0 saturated carbocycles. The fourth-order valence-corrected chi connectivity index (χ4v) is 3.83. The zero-order chi connectivity index (χ0) is 26.0. The van der Waals surface area contributed by atoms with Crippen molar-refractivity contribution in [2.24, 2.45) is 23.8 Å². The number of rotatable bonds is 6. The summed E-state index contributed by atoms with van der Waals surface area (Å²) in [4.78, 5) is 17.6. The third-order valence-electron chi connectivity index (χ3n) is 5.38. The molecule has 4 aromatic rings. The van der Waals surface area contributed by atoms with E-state index < -0.39 is 6.09 Å². The second-order valence-electron chi connectivity index (χ2n) is 8.43. The van der Waals surface area contributed by atoms with Gasteiger partial charge in [0.25, 0.3) is 0 Å². The van der Waals surface area contributed by atoms with Gasteiger partial charge in [0.2, 0.25) is 0 Å². The number of hydrogen-bond donors (Lipinski definition) is 3. The van der Waals surface area contributed by atoms with Crippen molar-refractivity contribution in [1.29, 1.82) is 0 Å². The van der Waals surface area contributed by atoms with Crippen molar-refractivity contribution in [3.05, 3.63) is 54.5 Å². The van der Waals surface area contributed by atoms with Gasteiger partial charge in [0.05, 0.1) is 36.3 Å². The molecule has 0 unspecified atom stereocenters. The van der Waals surface area contributed by atoms with Gasteiger partial charge in [0.1, 0.15) is 11.6 Å². The fraction of sp³-hybridized carbons (Fsp3) is 0.250. The Labute approximate surface area is 208 Å². The number of amidine groups is 1. The second-order valence-corrected chi connectivity index (χ2v) is 8.43. The summed E-state index contributed by atoms with van der Waals surface area (Å²) in [5.41, 5.74) is 3.40. The maximum Gasteiger partial charge on any atom is 0.419 e. The van der Waals surface area contributed by atoms with Gasteiger partial charge >= 0.3 is 6.09 Å². The number of nitrogens with two attached hydrogens (primary N) is 2. The van der Waals surface area contributed by atoms with Gasteiger partial charge in [-0.2, -0.15) is 10.2 Å². The molecular formula is C24H29N9O3. The summed E-state index contributed by atoms with van der Waals surface area (Å²) in [5.74, 6) is 12.7. The number of hydrazone groups is 1. The van der Waals surface area contributed by atoms with Crippen LogP contribution in [-0.2, 0) is 11.8 Å². The lowest BCUT2D eigenvalue weighted by Gasteiger charge is -2.17. The Balaban J connectivity index is 1.76. The van der Waals surface area contributed by atoms with E-state index in [4.69, 9.17) is 21.2 Å². The van der Waals surface area contributed by atoms with E-state index in [9.17, 15) is 4.79 Å². The normalized spacial score (nSPS) is 11.7. The largest absolute Gasteiger partial charge is 0.495 e. The Morgan fingerprint density at radius 1 is 1.22 bits per heavy atom. The average molecular weight is 492 g/mol. The van der Waals surface area contributed by atoms with Crippen molar-refractivity contribution < 1.29 is 14.3 Å². The number of pyridine rings is 1. The first-order chi connectivity index (χ1) is 17.2. The van der Waals surface area contributed by atoms with Crippen molar-refractivity contribution in [2.45, 2.75) is 20.0 Å². The number of benzene rings is 1. The molecule has 3 heterocycles. The molecule has 3 aromatic heterocycles. The molecule has 36 heavy (non-hydrogen) atoms. The SMILES string of the molecule is COc1cc(/C(=N/N)N(C)N)ccc1Nc1cc2c(cn1)cc(-c1cnn(C)c1)n2C(=O)OC(C)C. The number of aryl methyl sites for hydroxylation is 1. The minimum absolute atomic E-state index is 0.284. The molecule has 0 amide bonds. The van der Waals surface area contributed by atoms with Crippen LogP contribution in [0, 0.1) is 0 Å². The molecule has 0 spiro atoms. The van der Waals surface area contributed by atoms with Gasteiger partial charge in [-0.25, -0.2) is 20.2 Å². The number of nitrogens with zero attached hydrogens (tertiary/aromatic N) is 6. The minimum Gasteiger partial charge on any atom is -0.495 e. The summed E-state index contributed by atoms with van der Waals surface area (Å²) in [6.07, 6.45) is 4.46. The maximum absolute atomic E-state index is 13.1. The molecule has 12 heteroatoms. The Hall–Kier alpha value is -4.58. The van der Waals surface area contributed by atoms with E-state index in [1.807, 2.05) is 31.4 Å². The number of anilines is 2. The minimum atomic E-state index is -0.488. The van der Waals surface area contributed by atoms with E-state index in [2.05, 4.69) is 20.5 Å². The third kappa shape index (κ3) is 4.79. The van der Waals surface area contributed by atoms with Gasteiger partial charge in [0.15, 0.2) is 5.84 Å². The summed E-state index contributed by atoms with van der Waals surface area (Å²) in [7, 11) is 5.02. The molecule has 0 aliphatic rings. The summed E-state index contributed by atoms with van der Waals surface area (Å²) in [6, 6.07) is 9.05. The molecule has 4 rings (SSSR count). The van der Waals surface area contributed by atoms with Crippen molar-refractivity contribution in [3.8, 4) is 17.0 Å². The zero-order valence-corrected chi connectivity index (χ0v) is 20.8. The summed E-state index contributed by atoms with van der Waals surface area (Å²) in [6.45, 7) is 3.61. The Bertz CT molecular complexity index is 1440. The van der Waals surface area contributed by atoms with Gasteiger partial charge in [-0.1, -0.05) is 0 Å². The standard InChI is InChI=1S/C24H29N9O3/c1-14(2)36-24(34)33-19(17-12-28-31(3)13-17)8-16-11-27-22(10-20(16)33)29-18-7-6-15(9-21(18)35-5)23(30-25)32(4)26/h6-14H,25-26H2,1-5H3,(H,27,29)/b30-23-. The van der Waals surface area contributed by atoms with Gasteiger partial charge in [-0.3, -0.25) is 9.69 Å². The summed E-state index contributed by atoms with van der Waals surface area (Å²) in [5, 5.41) is 13.3. The Morgan fingerprint density at radius 2 is 2.00 bits per heavy atom. The number of hydrogen-bond acceptors (Lipinski definition) is 9. The fourth-order valence-electron chi connectivity index (χ4n) is 3.83. The topological polar surface area (TPSA) is 151 Å². The quantitative estimate of drug-likeness (QED) is 0.160. The molecule has 0 atom stereocenters. The highest BCUT2D eigenvalue weighted by Crippen LogP contribution is 2.32. The van der Waals surface area contributed by atoms with E-state index in [1.54, 1.807) is 57.2 Å². The first-order valence-corrected chi connectivity index (χ1v) is 11.1. The summed E-state index contributed by atoms with van der Waals surface area (Å²) < 4.78 is 14.3. The van der Waals surface area contributed by atoms with E-state index >= 15 is 0 Å². The number of ether oxygens (including phenoxy) is 2. The molecule has 0 aliphatic heterocycles. The van der Waals surface area contributed by atoms with Crippen LogP contribution < -0.4 is 21.7 Å². The van der Waals surface area contributed by atoms with Crippen LogP contribution in [0.1, 0.15) is 19.4 Å². The Kier molecular flexibility index (Phi) is 6.79. The predicted octanol–water partition coefficient (Wildman–Crippen LogP) is 3.01. The van der Waals surface area contributed by atoms with E-state index in [0.29, 0.717) is 39.9 Å². The number of hydrazine groups is 1. The first-order valence-electron chi connectivity index (χ1n) is 11.1. The van der Waals surface area contributed by atoms with Crippen LogP contribution in [-0.4, -0.2) is 56.5 Å². The number of carbonyl (C=O) groups excluding carboxylic acids is 1. The van der Waals surface area contributed by atoms with Crippen LogP contribution in [0.2, 0.25) is 0 Å². The average Bonchev–Trinajstić information content (AvgIpc) is 3.42. The highest BCUT2D eigenvalue weighted by atomic mass is 16.6. The third-order valence-corrected chi connectivity index (χ3v) is 5.38. The number of methoxy groups -OCH3 is 1. The Morgan fingerprint density at radius 3 is 2.61 bits per heavy atom. The van der Waals surface area contributed by atoms with Gasteiger partial charge in [-0.15, -0.1) is 0 Å². The monoisotopic (exact) mass is 491 g/mol. The number of aromatic nitrogens is 4.